The molecule has 0 saturated carbocycles. The number of rotatable bonds is 5. The molecule has 3 nitrogen and oxygen atoms in total. The smallest absolute Gasteiger partial charge is 0.209 e. The Morgan fingerprint density at radius 3 is 2.54 bits per heavy atom. The third-order valence-electron chi connectivity index (χ3n) is 4.52. The lowest BCUT2D eigenvalue weighted by atomic mass is 10.0. The zero-order valence-corrected chi connectivity index (χ0v) is 14.6. The Kier molecular flexibility index (Phi) is 5.41. The minimum Gasteiger partial charge on any atom is -0.490 e. The summed E-state index contributed by atoms with van der Waals surface area (Å²) < 4.78 is 6.03. The molecule has 4 heteroatoms. The van der Waals surface area contributed by atoms with Gasteiger partial charge in [0, 0.05) is 31.0 Å². The van der Waals surface area contributed by atoms with E-state index >= 15 is 0 Å². The Hall–Kier alpha value is -2.00. The predicted octanol–water partition coefficient (Wildman–Crippen LogP) is 4.24. The van der Waals surface area contributed by atoms with E-state index in [4.69, 9.17) is 16.3 Å². The van der Waals surface area contributed by atoms with Crippen molar-refractivity contribution in [2.24, 2.45) is 0 Å². The molecule has 126 valence electrons. The van der Waals surface area contributed by atoms with Crippen LogP contribution in [0.15, 0.2) is 42.5 Å². The van der Waals surface area contributed by atoms with Crippen LogP contribution in [-0.4, -0.2) is 30.5 Å². The third-order valence-corrected chi connectivity index (χ3v) is 5.06. The molecule has 2 aromatic rings. The maximum absolute atomic E-state index is 10.7. The predicted molar refractivity (Wildman–Crippen MR) is 96.7 cm³/mol. The molecule has 1 fully saturated rings. The fraction of sp³-hybridized carbons (Fsp3) is 0.350. The Morgan fingerprint density at radius 1 is 1.17 bits per heavy atom. The third kappa shape index (κ3) is 4.09. The van der Waals surface area contributed by atoms with Crippen molar-refractivity contribution in [1.29, 1.82) is 0 Å². The Balaban J connectivity index is 1.59. The fourth-order valence-corrected chi connectivity index (χ4v) is 3.23. The summed E-state index contributed by atoms with van der Waals surface area (Å²) in [5.74, 6) is 0.888. The van der Waals surface area contributed by atoms with Crippen LogP contribution in [0.2, 0.25) is 5.02 Å². The molecule has 0 N–H and O–H groups in total. The summed E-state index contributed by atoms with van der Waals surface area (Å²) in [5.41, 5.74) is 3.47. The average Bonchev–Trinajstić information content (AvgIpc) is 2.61. The van der Waals surface area contributed by atoms with Gasteiger partial charge >= 0.3 is 0 Å². The van der Waals surface area contributed by atoms with Crippen LogP contribution in [0.1, 0.15) is 29.5 Å². The largest absolute Gasteiger partial charge is 0.490 e. The molecular weight excluding hydrogens is 322 g/mol. The number of nitrogens with zero attached hydrogens (tertiary/aromatic N) is 1. The fourth-order valence-electron chi connectivity index (χ4n) is 3.04. The monoisotopic (exact) mass is 343 g/mol. The highest BCUT2D eigenvalue weighted by molar-refractivity contribution is 6.32. The van der Waals surface area contributed by atoms with E-state index in [-0.39, 0.29) is 6.10 Å². The van der Waals surface area contributed by atoms with Gasteiger partial charge in [-0.3, -0.25) is 4.79 Å². The number of ether oxygens (including phenoxy) is 1. The van der Waals surface area contributed by atoms with E-state index in [1.807, 2.05) is 31.2 Å². The molecule has 0 aliphatic carbocycles. The number of carbonyl (C=O) groups is 1. The summed E-state index contributed by atoms with van der Waals surface area (Å²) in [4.78, 5) is 12.5. The van der Waals surface area contributed by atoms with Crippen molar-refractivity contribution in [1.82, 2.24) is 4.90 Å². The van der Waals surface area contributed by atoms with Crippen molar-refractivity contribution >= 4 is 18.0 Å². The first-order valence-electron chi connectivity index (χ1n) is 8.34. The number of hydrogen-bond acceptors (Lipinski definition) is 2. The quantitative estimate of drug-likeness (QED) is 0.760. The van der Waals surface area contributed by atoms with Crippen LogP contribution >= 0.6 is 11.6 Å². The molecule has 3 rings (SSSR count). The highest BCUT2D eigenvalue weighted by Gasteiger charge is 2.19. The Morgan fingerprint density at radius 2 is 1.88 bits per heavy atom. The van der Waals surface area contributed by atoms with Gasteiger partial charge < -0.3 is 9.64 Å². The van der Waals surface area contributed by atoms with Gasteiger partial charge in [0.15, 0.2) is 0 Å². The molecule has 24 heavy (non-hydrogen) atoms. The van der Waals surface area contributed by atoms with E-state index in [1.165, 1.54) is 5.56 Å². The minimum absolute atomic E-state index is 0.193. The van der Waals surface area contributed by atoms with Crippen LogP contribution in [0.5, 0.6) is 5.75 Å². The van der Waals surface area contributed by atoms with Gasteiger partial charge in [-0.05, 0) is 42.2 Å². The van der Waals surface area contributed by atoms with Gasteiger partial charge in [0.25, 0.3) is 0 Å². The van der Waals surface area contributed by atoms with Gasteiger partial charge in [0.05, 0.1) is 0 Å². The van der Waals surface area contributed by atoms with E-state index in [9.17, 15) is 4.79 Å². The van der Waals surface area contributed by atoms with Gasteiger partial charge in [0.1, 0.15) is 11.9 Å². The van der Waals surface area contributed by atoms with Gasteiger partial charge in [-0.15, -0.1) is 0 Å². The number of likely N-dealkylation sites (tertiary alicyclic amines) is 1. The molecule has 1 aliphatic rings. The van der Waals surface area contributed by atoms with Crippen molar-refractivity contribution in [3.05, 3.63) is 64.2 Å². The maximum Gasteiger partial charge on any atom is 0.209 e. The minimum atomic E-state index is 0.193. The normalized spacial score (nSPS) is 15.3. The van der Waals surface area contributed by atoms with Crippen LogP contribution in [0.25, 0.3) is 0 Å². The van der Waals surface area contributed by atoms with Crippen LogP contribution in [0.4, 0.5) is 0 Å². The molecule has 1 heterocycles. The van der Waals surface area contributed by atoms with Crippen LogP contribution < -0.4 is 4.74 Å². The lowest BCUT2D eigenvalue weighted by Crippen LogP contribution is -2.37. The average molecular weight is 344 g/mol. The van der Waals surface area contributed by atoms with Gasteiger partial charge in [0.2, 0.25) is 6.41 Å². The van der Waals surface area contributed by atoms with Gasteiger partial charge in [-0.2, -0.15) is 0 Å². The zero-order chi connectivity index (χ0) is 16.9. The molecule has 1 amide bonds. The molecule has 2 aromatic carbocycles. The summed E-state index contributed by atoms with van der Waals surface area (Å²) in [5, 5.41) is 0.847. The molecular formula is C20H22ClNO2. The lowest BCUT2D eigenvalue weighted by molar-refractivity contribution is -0.119. The first kappa shape index (κ1) is 16.8. The highest BCUT2D eigenvalue weighted by Crippen LogP contribution is 2.24. The number of benzene rings is 2. The SMILES string of the molecule is Cc1cccc(Cc2ccc(OC3CCN(C=O)CC3)cc2)c1Cl. The van der Waals surface area contributed by atoms with Crippen molar-refractivity contribution < 1.29 is 9.53 Å². The molecule has 0 aromatic heterocycles. The first-order chi connectivity index (χ1) is 11.7. The molecule has 0 atom stereocenters. The topological polar surface area (TPSA) is 29.5 Å². The standard InChI is InChI=1S/C20H22ClNO2/c1-15-3-2-4-17(20(15)21)13-16-5-7-18(8-6-16)24-19-9-11-22(14-23)12-10-19/h2-8,14,19H,9-13H2,1H3. The van der Waals surface area contributed by atoms with E-state index in [0.29, 0.717) is 0 Å². The van der Waals surface area contributed by atoms with E-state index < -0.39 is 0 Å². The lowest BCUT2D eigenvalue weighted by Gasteiger charge is -2.29. The summed E-state index contributed by atoms with van der Waals surface area (Å²) in [6.07, 6.45) is 3.71. The number of hydrogen-bond donors (Lipinski definition) is 0. The molecule has 0 spiro atoms. The second-order valence-electron chi connectivity index (χ2n) is 6.33. The number of halogens is 1. The van der Waals surface area contributed by atoms with E-state index in [2.05, 4.69) is 18.2 Å². The Labute approximate surface area is 148 Å². The van der Waals surface area contributed by atoms with Gasteiger partial charge in [-0.25, -0.2) is 0 Å². The van der Waals surface area contributed by atoms with Crippen LogP contribution in [0.3, 0.4) is 0 Å². The number of amides is 1. The number of piperidine rings is 1. The molecule has 1 saturated heterocycles. The molecule has 0 bridgehead atoms. The van der Waals surface area contributed by atoms with Crippen molar-refractivity contribution in [3.8, 4) is 5.75 Å². The summed E-state index contributed by atoms with van der Waals surface area (Å²) in [7, 11) is 0. The first-order valence-corrected chi connectivity index (χ1v) is 8.72. The van der Waals surface area contributed by atoms with Crippen molar-refractivity contribution in [2.75, 3.05) is 13.1 Å². The van der Waals surface area contributed by atoms with E-state index in [1.54, 1.807) is 4.90 Å². The van der Waals surface area contributed by atoms with Crippen LogP contribution in [-0.2, 0) is 11.2 Å². The van der Waals surface area contributed by atoms with E-state index in [0.717, 1.165) is 60.7 Å². The molecule has 0 unspecified atom stereocenters. The summed E-state index contributed by atoms with van der Waals surface area (Å²) >= 11 is 6.37. The van der Waals surface area contributed by atoms with Crippen molar-refractivity contribution in [3.63, 3.8) is 0 Å². The Bertz CT molecular complexity index is 691. The highest BCUT2D eigenvalue weighted by atomic mass is 35.5. The number of carbonyl (C=O) groups excluding carboxylic acids is 1. The second kappa shape index (κ2) is 7.71. The molecule has 1 aliphatic heterocycles. The second-order valence-corrected chi connectivity index (χ2v) is 6.71. The summed E-state index contributed by atoms with van der Waals surface area (Å²) in [6.45, 7) is 3.58. The van der Waals surface area contributed by atoms with Gasteiger partial charge in [-0.1, -0.05) is 41.9 Å². The molecule has 0 radical (unpaired) electrons. The van der Waals surface area contributed by atoms with Crippen molar-refractivity contribution in [2.45, 2.75) is 32.3 Å². The summed E-state index contributed by atoms with van der Waals surface area (Å²) in [6, 6.07) is 14.4. The maximum atomic E-state index is 10.7. The number of aryl methyl sites for hydroxylation is 1. The van der Waals surface area contributed by atoms with Crippen LogP contribution in [0, 0.1) is 6.92 Å². The zero-order valence-electron chi connectivity index (χ0n) is 13.9.